The first-order valence-electron chi connectivity index (χ1n) is 2.90. The second-order valence-electron chi connectivity index (χ2n) is 1.83. The van der Waals surface area contributed by atoms with Crippen LogP contribution in [-0.4, -0.2) is 44.0 Å². The smallest absolute Gasteiger partial charge is 0.303 e. The predicted molar refractivity (Wildman–Crippen MR) is 51.5 cm³/mol. The summed E-state index contributed by atoms with van der Waals surface area (Å²) in [7, 11) is -17.6. The van der Waals surface area contributed by atoms with Gasteiger partial charge in [0, 0.05) is 4.57 Å². The van der Waals surface area contributed by atoms with Crippen LogP contribution in [0, 0.1) is 0 Å². The van der Waals surface area contributed by atoms with E-state index in [9.17, 15) is 9.13 Å². The lowest BCUT2D eigenvalue weighted by Crippen LogP contribution is -1.84. The highest BCUT2D eigenvalue weighted by atomic mass is 31.3. The van der Waals surface area contributed by atoms with Crippen molar-refractivity contribution in [2.45, 2.75) is 0 Å². The molecule has 0 bridgehead atoms. The van der Waals surface area contributed by atoms with E-state index in [1.807, 2.05) is 0 Å². The predicted octanol–water partition coefficient (Wildman–Crippen LogP) is -2.11. The van der Waals surface area contributed by atoms with E-state index < -0.39 is 31.7 Å². The molecule has 9 N–H and O–H groups in total. The second-order valence-corrected chi connectivity index (χ2v) is 5.98. The highest BCUT2D eigenvalue weighted by Crippen LogP contribution is 2.53. The molecule has 18 heavy (non-hydrogen) atoms. The normalized spacial score (nSPS) is 11.6. The van der Waals surface area contributed by atoms with E-state index >= 15 is 0 Å². The summed E-state index contributed by atoms with van der Waals surface area (Å²) in [4.78, 5) is 66.8. The quantitative estimate of drug-likeness (QED) is 0.239. The number of hydrogen-bond acceptors (Lipinski definition) is 5. The van der Waals surface area contributed by atoms with Gasteiger partial charge in [0.1, 0.15) is 0 Å². The minimum atomic E-state index is -5.05. The molecule has 0 unspecified atom stereocenters. The molecule has 0 atom stereocenters. The monoisotopic (exact) mass is 357 g/mol. The van der Waals surface area contributed by atoms with Crippen LogP contribution in [0.4, 0.5) is 0 Å². The van der Waals surface area contributed by atoms with Gasteiger partial charge in [0.05, 0.1) is 0 Å². The number of hydrogen-bond donors (Lipinski definition) is 9. The lowest BCUT2D eigenvalue weighted by Gasteiger charge is -2.03. The molecule has 0 saturated carbocycles. The summed E-state index contributed by atoms with van der Waals surface area (Å²) >= 11 is 0. The lowest BCUT2D eigenvalue weighted by molar-refractivity contribution is 0.225. The van der Waals surface area contributed by atoms with Gasteiger partial charge < -0.3 is 34.3 Å². The Hall–Kier alpha value is 0.390. The van der Waals surface area contributed by atoms with Crippen molar-refractivity contribution in [3.63, 3.8) is 0 Å². The maximum Gasteiger partial charge on any atom is 0.692 e. The highest BCUT2D eigenvalue weighted by Gasteiger charge is 2.27. The lowest BCUT2D eigenvalue weighted by atomic mass is 15.7. The van der Waals surface area contributed by atoms with Crippen LogP contribution in [0.5, 0.6) is 0 Å². The summed E-state index contributed by atoms with van der Waals surface area (Å²) in [6, 6.07) is 0. The molecule has 0 aromatic rings. The maximum absolute atomic E-state index is 9.63. The Bertz CT molecular complexity index is 327. The second kappa shape index (κ2) is 9.32. The van der Waals surface area contributed by atoms with Crippen LogP contribution in [0.3, 0.4) is 0 Å². The van der Waals surface area contributed by atoms with Crippen LogP contribution < -0.4 is 0 Å². The number of phosphoric acid groups is 3. The van der Waals surface area contributed by atoms with Gasteiger partial charge in [0.25, 0.3) is 0 Å². The molecule has 0 amide bonds. The molecule has 0 heterocycles. The molecule has 14 nitrogen and oxygen atoms in total. The average Bonchev–Trinajstić information content (AvgIpc) is 1.67. The van der Waals surface area contributed by atoms with Crippen molar-refractivity contribution in [1.82, 2.24) is 0 Å². The first kappa shape index (κ1) is 23.5. The summed E-state index contributed by atoms with van der Waals surface area (Å²) in [5, 5.41) is 0. The Morgan fingerprint density at radius 3 is 0.833 bits per heavy atom. The van der Waals surface area contributed by atoms with Crippen LogP contribution in [-0.2, 0) is 22.6 Å². The Labute approximate surface area is 99.2 Å². The summed E-state index contributed by atoms with van der Waals surface area (Å²) < 4.78 is 39.8. The Kier molecular flexibility index (Phi) is 12.2. The van der Waals surface area contributed by atoms with Gasteiger partial charge >= 0.3 is 31.7 Å². The Morgan fingerprint density at radius 2 is 0.833 bits per heavy atom. The molecule has 0 fully saturated rings. The third kappa shape index (κ3) is 95.1. The minimum absolute atomic E-state index is 2.87. The van der Waals surface area contributed by atoms with Crippen molar-refractivity contribution in [3.8, 4) is 0 Å². The van der Waals surface area contributed by atoms with Crippen molar-refractivity contribution in [2.24, 2.45) is 0 Å². The van der Waals surface area contributed by atoms with E-state index in [1.165, 1.54) is 0 Å². The summed E-state index contributed by atoms with van der Waals surface area (Å²) in [5.41, 5.74) is 0. The zero-order valence-electron chi connectivity index (χ0n) is 7.86. The van der Waals surface area contributed by atoms with Gasteiger partial charge in [0.15, 0.2) is 0 Å². The molecule has 0 spiro atoms. The molecule has 0 aromatic carbocycles. The average molecular weight is 357 g/mol. The van der Waals surface area contributed by atoms with Gasteiger partial charge in [0.2, 0.25) is 0 Å². The molecule has 0 saturated heterocycles. The van der Waals surface area contributed by atoms with Gasteiger partial charge in [-0.05, 0) is 0 Å². The fourth-order valence-corrected chi connectivity index (χ4v) is 1.25. The van der Waals surface area contributed by atoms with Crippen molar-refractivity contribution >= 4 is 31.7 Å². The SMILES string of the molecule is O=P(O)(O)O.O=P(O)(O)OP(=O)(O)O.O=[P+](O)O. The Balaban J connectivity index is -0.000000212. The van der Waals surface area contributed by atoms with E-state index in [1.54, 1.807) is 0 Å². The third-order valence-corrected chi connectivity index (χ3v) is 1.91. The fraction of sp³-hybridized carbons (Fsp3) is 0. The largest absolute Gasteiger partial charge is 0.692 e. The van der Waals surface area contributed by atoms with Crippen LogP contribution in [0.2, 0.25) is 0 Å². The van der Waals surface area contributed by atoms with Crippen LogP contribution in [0.1, 0.15) is 0 Å². The first-order valence-corrected chi connectivity index (χ1v) is 8.69. The molecule has 0 rings (SSSR count). The van der Waals surface area contributed by atoms with E-state index in [0.717, 1.165) is 0 Å². The van der Waals surface area contributed by atoms with Crippen LogP contribution in [0.25, 0.3) is 0 Å². The van der Waals surface area contributed by atoms with Gasteiger partial charge in [-0.2, -0.15) is 4.31 Å². The van der Waals surface area contributed by atoms with Crippen molar-refractivity contribution in [1.29, 1.82) is 0 Å². The summed E-state index contributed by atoms with van der Waals surface area (Å²) in [6.07, 6.45) is 0. The van der Waals surface area contributed by atoms with E-state index in [2.05, 4.69) is 4.31 Å². The molecular weight excluding hydrogens is 348 g/mol. The fourth-order valence-electron chi connectivity index (χ4n) is 0.139. The molecule has 0 aliphatic carbocycles. The molecule has 0 aromatic heterocycles. The molecule has 0 radical (unpaired) electrons. The molecule has 18 heteroatoms. The molecule has 0 aliphatic rings. The first-order chi connectivity index (χ1) is 7.44. The highest BCUT2D eigenvalue weighted by molar-refractivity contribution is 7.60. The summed E-state index contributed by atoms with van der Waals surface area (Å²) in [6.45, 7) is 0. The summed E-state index contributed by atoms with van der Waals surface area (Å²) in [5.74, 6) is 0. The van der Waals surface area contributed by atoms with Gasteiger partial charge in [-0.15, -0.1) is 9.79 Å². The Morgan fingerprint density at radius 1 is 0.722 bits per heavy atom. The van der Waals surface area contributed by atoms with E-state index in [4.69, 9.17) is 53.2 Å². The van der Waals surface area contributed by atoms with Crippen molar-refractivity contribution in [2.75, 3.05) is 0 Å². The topological polar surface area (TPSA) is 260 Å². The zero-order valence-corrected chi connectivity index (χ0v) is 11.4. The molecule has 0 aliphatic heterocycles. The molecule has 112 valence electrons. The maximum atomic E-state index is 9.63. The van der Waals surface area contributed by atoms with Crippen LogP contribution >= 0.6 is 31.7 Å². The zero-order chi connectivity index (χ0) is 15.8. The van der Waals surface area contributed by atoms with Gasteiger partial charge in [-0.25, -0.2) is 13.7 Å². The van der Waals surface area contributed by atoms with Crippen molar-refractivity contribution in [3.05, 3.63) is 0 Å². The standard InChI is InChI=1S/H4O7P2.H3O4P.HO3P/c1-8(2,3)7-9(4,5)6;1-5(2,3)4;1-4(2)3/h(H2,1,2,3)(H2,4,5,6);(H3,1,2,3,4);(H-,1,2,3)/p+1. The molecular formula is H9O14P4+. The minimum Gasteiger partial charge on any atom is -0.303 e. The number of rotatable bonds is 2. The van der Waals surface area contributed by atoms with E-state index in [-0.39, 0.29) is 0 Å². The third-order valence-electron chi connectivity index (χ3n) is 0.213. The van der Waals surface area contributed by atoms with E-state index in [0.29, 0.717) is 0 Å². The van der Waals surface area contributed by atoms with Crippen LogP contribution in [0.15, 0.2) is 0 Å². The van der Waals surface area contributed by atoms with Crippen molar-refractivity contribution < 1.29 is 66.6 Å². The van der Waals surface area contributed by atoms with Gasteiger partial charge in [-0.1, -0.05) is 0 Å². The van der Waals surface area contributed by atoms with Gasteiger partial charge in [-0.3, -0.25) is 0 Å².